The minimum absolute atomic E-state index is 0. The molecule has 0 aliphatic heterocycles. The first-order valence-corrected chi connectivity index (χ1v) is 13.8. The summed E-state index contributed by atoms with van der Waals surface area (Å²) in [7, 11) is 3.87. The molecular formula is C35H25F2IrN8-3. The molecule has 8 aromatic rings. The fourth-order valence-corrected chi connectivity index (χ4v) is 4.64. The van der Waals surface area contributed by atoms with Crippen molar-refractivity contribution in [3.8, 4) is 22.8 Å². The van der Waals surface area contributed by atoms with Crippen LogP contribution < -0.4 is 14.2 Å². The minimum Gasteiger partial charge on any atom is -0.358 e. The Hall–Kier alpha value is -5.38. The first-order chi connectivity index (χ1) is 22.0. The smallest absolute Gasteiger partial charge is 0.242 e. The van der Waals surface area contributed by atoms with E-state index in [2.05, 4.69) is 45.2 Å². The molecular weight excluding hydrogens is 763 g/mol. The zero-order valence-electron chi connectivity index (χ0n) is 24.6. The summed E-state index contributed by atoms with van der Waals surface area (Å²) >= 11 is 0. The quantitative estimate of drug-likeness (QED) is 0.189. The molecule has 46 heavy (non-hydrogen) atoms. The standard InChI is InChI=1S/2C14H10FN2.C7H5N4.Ir/c2*1-16-10-17(12-8-6-11(15)7-9-12)14-5-3-2-4-13(14)16;1-2-4-8-6(3-1)7-5-9-11-10-7;/h2*2-8H,1H3;1-5H;/q3*-1;. The SMILES string of the molecule is C[n+]1[c-]n(-c2[c-]cc(F)cc2)c2ccccc21.C[n+]1[c-]n(-c2[c-]cc(F)cc2)c2ccccc21.[Ir].c1ccc(-c2cnn[n-]2)nc1. The summed E-state index contributed by atoms with van der Waals surface area (Å²) < 4.78 is 33.3. The maximum atomic E-state index is 12.9. The van der Waals surface area contributed by atoms with Gasteiger partial charge in [-0.3, -0.25) is 19.0 Å². The Morgan fingerprint density at radius 3 is 1.63 bits per heavy atom. The molecule has 0 bridgehead atoms. The molecule has 8 nitrogen and oxygen atoms in total. The molecule has 0 atom stereocenters. The number of imidazole rings is 2. The van der Waals surface area contributed by atoms with Crippen LogP contribution in [0.4, 0.5) is 8.78 Å². The number of aryl methyl sites for hydroxylation is 2. The third-order valence-corrected chi connectivity index (χ3v) is 6.78. The number of halogens is 2. The first-order valence-electron chi connectivity index (χ1n) is 13.8. The van der Waals surface area contributed by atoms with Gasteiger partial charge in [0.05, 0.1) is 41.9 Å². The van der Waals surface area contributed by atoms with Gasteiger partial charge in [0, 0.05) is 37.9 Å². The zero-order valence-corrected chi connectivity index (χ0v) is 27.0. The molecule has 0 amide bonds. The van der Waals surface area contributed by atoms with Gasteiger partial charge in [-0.25, -0.2) is 0 Å². The monoisotopic (exact) mass is 788 g/mol. The van der Waals surface area contributed by atoms with Gasteiger partial charge in [-0.2, -0.15) is 24.3 Å². The Morgan fingerprint density at radius 1 is 0.674 bits per heavy atom. The Kier molecular flexibility index (Phi) is 10.2. The number of rotatable bonds is 3. The number of nitrogens with zero attached hydrogens (tertiary/aromatic N) is 8. The van der Waals surface area contributed by atoms with Crippen molar-refractivity contribution in [3.05, 3.63) is 152 Å². The molecule has 0 unspecified atom stereocenters. The van der Waals surface area contributed by atoms with Gasteiger partial charge in [0.2, 0.25) is 12.7 Å². The van der Waals surface area contributed by atoms with E-state index in [4.69, 9.17) is 0 Å². The van der Waals surface area contributed by atoms with Crippen molar-refractivity contribution < 1.29 is 38.0 Å². The largest absolute Gasteiger partial charge is 0.358 e. The molecule has 4 aromatic carbocycles. The van der Waals surface area contributed by atoms with E-state index < -0.39 is 0 Å². The zero-order chi connectivity index (χ0) is 31.2. The molecule has 0 aliphatic rings. The van der Waals surface area contributed by atoms with E-state index in [1.165, 1.54) is 24.3 Å². The number of hydrogen-bond acceptors (Lipinski definition) is 3. The maximum Gasteiger partial charge on any atom is 0.242 e. The van der Waals surface area contributed by atoms with Gasteiger partial charge in [-0.05, 0) is 17.8 Å². The van der Waals surface area contributed by atoms with Crippen molar-refractivity contribution in [2.45, 2.75) is 0 Å². The van der Waals surface area contributed by atoms with Crippen LogP contribution in [0.3, 0.4) is 0 Å². The Bertz CT molecular complexity index is 2020. The molecule has 11 heteroatoms. The van der Waals surface area contributed by atoms with Crippen molar-refractivity contribution in [3.63, 3.8) is 0 Å². The molecule has 1 radical (unpaired) electrons. The number of para-hydroxylation sites is 4. The average molecular weight is 788 g/mol. The van der Waals surface area contributed by atoms with Crippen LogP contribution in [0.5, 0.6) is 0 Å². The van der Waals surface area contributed by atoms with Crippen LogP contribution in [-0.2, 0) is 34.2 Å². The van der Waals surface area contributed by atoms with Crippen molar-refractivity contribution in [2.75, 3.05) is 0 Å². The van der Waals surface area contributed by atoms with Crippen LogP contribution in [0.1, 0.15) is 0 Å². The van der Waals surface area contributed by atoms with E-state index >= 15 is 0 Å². The normalized spacial score (nSPS) is 10.4. The molecule has 0 N–H and O–H groups in total. The first kappa shape index (κ1) is 32.0. The summed E-state index contributed by atoms with van der Waals surface area (Å²) in [6, 6.07) is 36.3. The molecule has 0 spiro atoms. The van der Waals surface area contributed by atoms with E-state index in [0.717, 1.165) is 39.1 Å². The van der Waals surface area contributed by atoms with Crippen molar-refractivity contribution >= 4 is 22.1 Å². The summed E-state index contributed by atoms with van der Waals surface area (Å²) in [5.41, 5.74) is 7.28. The van der Waals surface area contributed by atoms with Gasteiger partial charge in [-0.1, -0.05) is 72.2 Å². The van der Waals surface area contributed by atoms with Crippen LogP contribution in [-0.4, -0.2) is 24.4 Å². The van der Waals surface area contributed by atoms with Gasteiger partial charge in [-0.15, -0.1) is 24.3 Å². The number of fused-ring (bicyclic) bond motifs is 2. The predicted octanol–water partition coefficient (Wildman–Crippen LogP) is 4.88. The third-order valence-electron chi connectivity index (χ3n) is 6.78. The van der Waals surface area contributed by atoms with Gasteiger partial charge in [0.15, 0.2) is 0 Å². The summed E-state index contributed by atoms with van der Waals surface area (Å²) in [6.07, 6.45) is 9.63. The molecule has 0 saturated carbocycles. The topological polar surface area (TPSA) is 70.4 Å². The van der Waals surface area contributed by atoms with Crippen molar-refractivity contribution in [1.29, 1.82) is 0 Å². The van der Waals surface area contributed by atoms with Crippen LogP contribution in [0.15, 0.2) is 116 Å². The minimum atomic E-state index is -0.283. The van der Waals surface area contributed by atoms with E-state index in [9.17, 15) is 8.78 Å². The van der Waals surface area contributed by atoms with Gasteiger partial charge in [0.1, 0.15) is 0 Å². The fraction of sp³-hybridized carbons (Fsp3) is 0.0571. The van der Waals surface area contributed by atoms with Crippen LogP contribution >= 0.6 is 0 Å². The molecule has 4 aromatic heterocycles. The second-order valence-corrected chi connectivity index (χ2v) is 9.78. The number of benzene rings is 4. The Labute approximate surface area is 277 Å². The third kappa shape index (κ3) is 7.12. The van der Waals surface area contributed by atoms with Crippen LogP contribution in [0, 0.1) is 36.4 Å². The second-order valence-electron chi connectivity index (χ2n) is 9.78. The second kappa shape index (κ2) is 14.6. The molecule has 0 fully saturated rings. The van der Waals surface area contributed by atoms with E-state index in [1.807, 2.05) is 99.1 Å². The van der Waals surface area contributed by atoms with Crippen molar-refractivity contribution in [2.24, 2.45) is 14.1 Å². The molecule has 0 saturated heterocycles. The Morgan fingerprint density at radius 2 is 1.20 bits per heavy atom. The molecule has 0 aliphatic carbocycles. The summed E-state index contributed by atoms with van der Waals surface area (Å²) in [4.78, 5) is 4.08. The van der Waals surface area contributed by atoms with Gasteiger partial charge < -0.3 is 28.5 Å². The predicted molar refractivity (Wildman–Crippen MR) is 163 cm³/mol. The van der Waals surface area contributed by atoms with E-state index in [1.54, 1.807) is 24.5 Å². The summed E-state index contributed by atoms with van der Waals surface area (Å²) in [5.74, 6) is -0.566. The molecule has 4 heterocycles. The van der Waals surface area contributed by atoms with Gasteiger partial charge >= 0.3 is 0 Å². The summed E-state index contributed by atoms with van der Waals surface area (Å²) in [5, 5.41) is 10.8. The Balaban J connectivity index is 0.000000138. The van der Waals surface area contributed by atoms with Crippen LogP contribution in [0.25, 0.3) is 44.8 Å². The van der Waals surface area contributed by atoms with E-state index in [-0.39, 0.29) is 31.7 Å². The molecule has 8 rings (SSSR count). The van der Waals surface area contributed by atoms with Gasteiger partial charge in [0.25, 0.3) is 0 Å². The fourth-order valence-electron chi connectivity index (χ4n) is 4.64. The number of hydrogen-bond donors (Lipinski definition) is 0. The number of aromatic nitrogens is 8. The maximum absolute atomic E-state index is 12.9. The molecule has 231 valence electrons. The van der Waals surface area contributed by atoms with Crippen LogP contribution in [0.2, 0.25) is 0 Å². The van der Waals surface area contributed by atoms with Crippen molar-refractivity contribution in [1.82, 2.24) is 29.5 Å². The summed E-state index contributed by atoms with van der Waals surface area (Å²) in [6.45, 7) is 0. The van der Waals surface area contributed by atoms with E-state index in [0.29, 0.717) is 5.69 Å². The number of pyridine rings is 1. The average Bonchev–Trinajstić information content (AvgIpc) is 3.82.